The van der Waals surface area contributed by atoms with Gasteiger partial charge in [-0.3, -0.25) is 14.0 Å². The molecule has 0 radical (unpaired) electrons. The standard InChI is InChI=1S/C40H41ClF2N6O8S/c1-40(2,3)57-39(51)45-30(17-23-15-24(42)18-25(43)16-23)36-44-29-19-27(55-6)20-32(56-7)34(29)38(50)49(36)31-14-13-28(41)33-35(31)47(4)46-37(33)48(58(8,52)53)21-22-9-11-26(54-5)12-10-22/h9-16,18-20,30H,17,21H2,1-8H3,(H,45,51)/t30-/m0/s1. The average molecular weight is 839 g/mol. The smallest absolute Gasteiger partial charge is 0.408 e. The maximum absolute atomic E-state index is 15.1. The number of aromatic nitrogens is 4. The lowest BCUT2D eigenvalue weighted by Gasteiger charge is -2.26. The molecule has 18 heteroatoms. The molecule has 0 fully saturated rings. The second kappa shape index (κ2) is 16.1. The number of anilines is 1. The zero-order valence-electron chi connectivity index (χ0n) is 32.9. The monoisotopic (exact) mass is 838 g/mol. The summed E-state index contributed by atoms with van der Waals surface area (Å²) < 4.78 is 81.8. The summed E-state index contributed by atoms with van der Waals surface area (Å²) in [5.41, 5.74) is -0.487. The first-order valence-corrected chi connectivity index (χ1v) is 19.9. The first-order valence-electron chi connectivity index (χ1n) is 17.7. The average Bonchev–Trinajstić information content (AvgIpc) is 3.49. The van der Waals surface area contributed by atoms with E-state index in [1.807, 2.05) is 0 Å². The van der Waals surface area contributed by atoms with Gasteiger partial charge in [-0.05, 0) is 68.3 Å². The maximum Gasteiger partial charge on any atom is 0.408 e. The fourth-order valence-electron chi connectivity index (χ4n) is 6.57. The minimum Gasteiger partial charge on any atom is -0.497 e. The molecule has 0 aliphatic rings. The van der Waals surface area contributed by atoms with E-state index in [4.69, 9.17) is 35.5 Å². The van der Waals surface area contributed by atoms with Crippen LogP contribution in [0, 0.1) is 11.6 Å². The number of amides is 1. The van der Waals surface area contributed by atoms with Crippen LogP contribution < -0.4 is 29.4 Å². The van der Waals surface area contributed by atoms with E-state index in [1.165, 1.54) is 54.8 Å². The van der Waals surface area contributed by atoms with Crippen molar-refractivity contribution in [3.05, 3.63) is 111 Å². The largest absolute Gasteiger partial charge is 0.497 e. The van der Waals surface area contributed by atoms with Crippen molar-refractivity contribution < 1.29 is 40.9 Å². The number of benzene rings is 4. The van der Waals surface area contributed by atoms with Crippen molar-refractivity contribution >= 4 is 55.3 Å². The number of alkyl carbamates (subject to hydrolysis) is 1. The number of carbonyl (C=O) groups excluding carboxylic acids is 1. The van der Waals surface area contributed by atoms with Crippen molar-refractivity contribution in [3.63, 3.8) is 0 Å². The number of sulfonamides is 1. The number of hydrogen-bond donors (Lipinski definition) is 1. The fourth-order valence-corrected chi connectivity index (χ4v) is 7.64. The van der Waals surface area contributed by atoms with Crippen LogP contribution in [-0.4, -0.2) is 67.0 Å². The van der Waals surface area contributed by atoms with E-state index in [0.29, 0.717) is 23.1 Å². The molecule has 1 atom stereocenters. The molecule has 6 aromatic rings. The van der Waals surface area contributed by atoms with Gasteiger partial charge in [0, 0.05) is 31.7 Å². The summed E-state index contributed by atoms with van der Waals surface area (Å²) in [5, 5.41) is 7.68. The van der Waals surface area contributed by atoms with Gasteiger partial charge in [-0.25, -0.2) is 31.3 Å². The molecular weight excluding hydrogens is 798 g/mol. The molecule has 2 aromatic heterocycles. The Morgan fingerprint density at radius 3 is 2.16 bits per heavy atom. The van der Waals surface area contributed by atoms with Gasteiger partial charge in [-0.1, -0.05) is 23.7 Å². The molecule has 0 aliphatic carbocycles. The minimum atomic E-state index is -4.01. The second-order valence-corrected chi connectivity index (χ2v) is 16.7. The summed E-state index contributed by atoms with van der Waals surface area (Å²) in [4.78, 5) is 33.5. The molecule has 0 unspecified atom stereocenters. The van der Waals surface area contributed by atoms with Gasteiger partial charge >= 0.3 is 6.09 Å². The maximum atomic E-state index is 15.1. The van der Waals surface area contributed by atoms with Crippen molar-refractivity contribution in [1.82, 2.24) is 24.6 Å². The Labute approximate surface area is 337 Å². The van der Waals surface area contributed by atoms with E-state index in [9.17, 15) is 22.0 Å². The summed E-state index contributed by atoms with van der Waals surface area (Å²) >= 11 is 6.88. The predicted octanol–water partition coefficient (Wildman–Crippen LogP) is 7.00. The van der Waals surface area contributed by atoms with Crippen LogP contribution >= 0.6 is 11.6 Å². The van der Waals surface area contributed by atoms with Gasteiger partial charge in [0.15, 0.2) is 5.82 Å². The molecule has 1 N–H and O–H groups in total. The lowest BCUT2D eigenvalue weighted by Crippen LogP contribution is -2.39. The van der Waals surface area contributed by atoms with Gasteiger partial charge in [0.05, 0.1) is 67.3 Å². The molecule has 58 heavy (non-hydrogen) atoms. The molecule has 6 rings (SSSR count). The van der Waals surface area contributed by atoms with Gasteiger partial charge in [0.25, 0.3) is 5.56 Å². The summed E-state index contributed by atoms with van der Waals surface area (Å²) in [7, 11) is 1.85. The molecule has 306 valence electrons. The van der Waals surface area contributed by atoms with Crippen LogP contribution in [0.4, 0.5) is 19.4 Å². The number of nitrogens with zero attached hydrogens (tertiary/aromatic N) is 5. The van der Waals surface area contributed by atoms with E-state index >= 15 is 4.79 Å². The highest BCUT2D eigenvalue weighted by Gasteiger charge is 2.31. The molecule has 0 aliphatic heterocycles. The number of halogens is 3. The van der Waals surface area contributed by atoms with E-state index in [0.717, 1.165) is 22.7 Å². The Bertz CT molecular complexity index is 2700. The lowest BCUT2D eigenvalue weighted by molar-refractivity contribution is 0.0500. The number of ether oxygens (including phenoxy) is 4. The van der Waals surface area contributed by atoms with Crippen molar-refractivity contribution in [2.45, 2.75) is 45.4 Å². The van der Waals surface area contributed by atoms with Gasteiger partial charge < -0.3 is 24.3 Å². The SMILES string of the molecule is COc1ccc(CN(c2nn(C)c3c(-n4c([C@H](Cc5cc(F)cc(F)c5)NC(=O)OC(C)(C)C)nc5cc(OC)cc(OC)c5c4=O)ccc(Cl)c23)S(C)(=O)=O)cc1. The molecule has 14 nitrogen and oxygen atoms in total. The summed E-state index contributed by atoms with van der Waals surface area (Å²) in [6.45, 7) is 4.84. The van der Waals surface area contributed by atoms with Crippen LogP contribution in [-0.2, 0) is 34.8 Å². The molecule has 2 heterocycles. The van der Waals surface area contributed by atoms with Gasteiger partial charge in [0.1, 0.15) is 45.7 Å². The fraction of sp³-hybridized carbons (Fsp3) is 0.300. The number of fused-ring (bicyclic) bond motifs is 2. The number of nitrogens with one attached hydrogen (secondary N) is 1. The Morgan fingerprint density at radius 1 is 0.914 bits per heavy atom. The second-order valence-electron chi connectivity index (χ2n) is 14.4. The predicted molar refractivity (Wildman–Crippen MR) is 216 cm³/mol. The Balaban J connectivity index is 1.68. The minimum absolute atomic E-state index is 0.0163. The van der Waals surface area contributed by atoms with E-state index in [1.54, 1.807) is 52.1 Å². The van der Waals surface area contributed by atoms with E-state index in [2.05, 4.69) is 10.4 Å². The third kappa shape index (κ3) is 8.64. The molecular formula is C40H41ClF2N6O8S. The van der Waals surface area contributed by atoms with E-state index in [-0.39, 0.29) is 68.4 Å². The number of rotatable bonds is 12. The Kier molecular flexibility index (Phi) is 11.6. The Morgan fingerprint density at radius 2 is 1.57 bits per heavy atom. The molecule has 0 saturated heterocycles. The topological polar surface area (TPSA) is 156 Å². The lowest BCUT2D eigenvalue weighted by atomic mass is 10.0. The van der Waals surface area contributed by atoms with Crippen molar-refractivity contribution in [2.24, 2.45) is 7.05 Å². The van der Waals surface area contributed by atoms with Crippen LogP contribution in [0.15, 0.2) is 71.5 Å². The first-order chi connectivity index (χ1) is 27.3. The number of carbonyl (C=O) groups is 1. The number of aryl methyl sites for hydroxylation is 1. The first kappa shape index (κ1) is 41.7. The van der Waals surface area contributed by atoms with Crippen LogP contribution in [0.3, 0.4) is 0 Å². The number of methoxy groups -OCH3 is 3. The number of hydrogen-bond acceptors (Lipinski definition) is 10. The van der Waals surface area contributed by atoms with Crippen molar-refractivity contribution in [2.75, 3.05) is 31.9 Å². The van der Waals surface area contributed by atoms with Gasteiger partial charge in [0.2, 0.25) is 10.0 Å². The molecule has 0 bridgehead atoms. The highest BCUT2D eigenvalue weighted by Crippen LogP contribution is 2.39. The van der Waals surface area contributed by atoms with E-state index < -0.39 is 45.0 Å². The quantitative estimate of drug-likeness (QED) is 0.136. The molecule has 0 spiro atoms. The van der Waals surface area contributed by atoms with Crippen LogP contribution in [0.25, 0.3) is 27.5 Å². The highest BCUT2D eigenvalue weighted by atomic mass is 35.5. The van der Waals surface area contributed by atoms with Crippen LogP contribution in [0.5, 0.6) is 17.2 Å². The summed E-state index contributed by atoms with van der Waals surface area (Å²) in [6, 6.07) is 14.4. The zero-order chi connectivity index (χ0) is 42.3. The molecule has 1 amide bonds. The van der Waals surface area contributed by atoms with Gasteiger partial charge in [-0.2, -0.15) is 5.10 Å². The van der Waals surface area contributed by atoms with Crippen molar-refractivity contribution in [3.8, 4) is 22.9 Å². The third-order valence-electron chi connectivity index (χ3n) is 9.02. The van der Waals surface area contributed by atoms with Crippen LogP contribution in [0.1, 0.15) is 43.8 Å². The third-order valence-corrected chi connectivity index (χ3v) is 10.4. The molecule has 4 aromatic carbocycles. The normalized spacial score (nSPS) is 12.4. The summed E-state index contributed by atoms with van der Waals surface area (Å²) in [6.07, 6.45) is -0.151. The van der Waals surface area contributed by atoms with Gasteiger partial charge in [-0.15, -0.1) is 0 Å². The molecule has 0 saturated carbocycles. The Hall–Kier alpha value is -5.94. The zero-order valence-corrected chi connectivity index (χ0v) is 34.5. The van der Waals surface area contributed by atoms with Crippen molar-refractivity contribution in [1.29, 1.82) is 0 Å². The highest BCUT2D eigenvalue weighted by molar-refractivity contribution is 7.92. The van der Waals surface area contributed by atoms with Crippen LogP contribution in [0.2, 0.25) is 5.02 Å². The summed E-state index contributed by atoms with van der Waals surface area (Å²) in [5.74, 6) is -0.887.